The van der Waals surface area contributed by atoms with Crippen molar-refractivity contribution >= 4 is 31.9 Å². The molecule has 1 saturated heterocycles. The number of carboxylic acids is 1. The number of carbonyl (C=O) groups is 1. The highest BCUT2D eigenvalue weighted by Crippen LogP contribution is 2.24. The monoisotopic (exact) mass is 346 g/mol. The second kappa shape index (κ2) is 5.60. The number of nitrogens with zero attached hydrogens (tertiary/aromatic N) is 1. The van der Waals surface area contributed by atoms with E-state index in [1.807, 2.05) is 0 Å². The Kier molecular flexibility index (Phi) is 4.27. The predicted octanol–water partition coefficient (Wildman–Crippen LogP) is 0.600. The maximum absolute atomic E-state index is 12.4. The molecular formula is C12H13BrNO4S-. The van der Waals surface area contributed by atoms with Crippen LogP contribution in [-0.4, -0.2) is 31.8 Å². The highest BCUT2D eigenvalue weighted by molar-refractivity contribution is 9.10. The van der Waals surface area contributed by atoms with Crippen LogP contribution in [0.25, 0.3) is 0 Å². The summed E-state index contributed by atoms with van der Waals surface area (Å²) in [5.41, 5.74) is 0. The topological polar surface area (TPSA) is 77.5 Å². The predicted molar refractivity (Wildman–Crippen MR) is 70.6 cm³/mol. The van der Waals surface area contributed by atoms with Crippen molar-refractivity contribution in [2.24, 2.45) is 5.92 Å². The van der Waals surface area contributed by atoms with Crippen LogP contribution in [0, 0.1) is 5.92 Å². The van der Waals surface area contributed by atoms with Gasteiger partial charge < -0.3 is 9.90 Å². The van der Waals surface area contributed by atoms with Crippen molar-refractivity contribution in [1.82, 2.24) is 4.31 Å². The lowest BCUT2D eigenvalue weighted by molar-refractivity contribution is -0.312. The van der Waals surface area contributed by atoms with Crippen molar-refractivity contribution in [3.05, 3.63) is 28.7 Å². The molecule has 0 spiro atoms. The fourth-order valence-electron chi connectivity index (χ4n) is 2.11. The van der Waals surface area contributed by atoms with Crippen molar-refractivity contribution in [3.8, 4) is 0 Å². The van der Waals surface area contributed by atoms with E-state index in [-0.39, 0.29) is 11.4 Å². The fourth-order valence-corrected chi connectivity index (χ4v) is 3.90. The molecule has 104 valence electrons. The molecule has 1 aliphatic rings. The molecule has 19 heavy (non-hydrogen) atoms. The zero-order chi connectivity index (χ0) is 14.0. The van der Waals surface area contributed by atoms with Gasteiger partial charge >= 0.3 is 0 Å². The molecule has 0 aromatic heterocycles. The third kappa shape index (κ3) is 3.16. The molecule has 0 unspecified atom stereocenters. The molecule has 1 aliphatic heterocycles. The Bertz CT molecular complexity index is 570. The van der Waals surface area contributed by atoms with Gasteiger partial charge in [-0.1, -0.05) is 15.9 Å². The van der Waals surface area contributed by atoms with E-state index < -0.39 is 21.9 Å². The molecule has 5 nitrogen and oxygen atoms in total. The summed E-state index contributed by atoms with van der Waals surface area (Å²) in [6, 6.07) is 6.30. The summed E-state index contributed by atoms with van der Waals surface area (Å²) in [6.45, 7) is 0.336. The van der Waals surface area contributed by atoms with Crippen molar-refractivity contribution < 1.29 is 18.3 Å². The lowest BCUT2D eigenvalue weighted by atomic mass is 10.0. The normalized spacial score (nSPS) is 21.2. The first-order valence-electron chi connectivity index (χ1n) is 5.88. The second-order valence-electron chi connectivity index (χ2n) is 4.48. The minimum atomic E-state index is -3.62. The molecule has 0 aliphatic carbocycles. The summed E-state index contributed by atoms with van der Waals surface area (Å²) in [5.74, 6) is -1.91. The highest BCUT2D eigenvalue weighted by atomic mass is 79.9. The number of carbonyl (C=O) groups excluding carboxylic acids is 1. The number of hydrogen-bond donors (Lipinski definition) is 0. The van der Waals surface area contributed by atoms with E-state index in [1.165, 1.54) is 16.4 Å². The molecule has 2 rings (SSSR count). The Morgan fingerprint density at radius 2 is 1.95 bits per heavy atom. The third-order valence-electron chi connectivity index (χ3n) is 3.17. The molecule has 1 atom stereocenters. The average Bonchev–Trinajstić information content (AvgIpc) is 2.39. The van der Waals surface area contributed by atoms with E-state index in [1.54, 1.807) is 12.1 Å². The smallest absolute Gasteiger partial charge is 0.243 e. The molecule has 1 heterocycles. The maximum Gasteiger partial charge on any atom is 0.243 e. The van der Waals surface area contributed by atoms with E-state index >= 15 is 0 Å². The molecule has 7 heteroatoms. The third-order valence-corrected chi connectivity index (χ3v) is 5.58. The Hall–Kier alpha value is -0.920. The number of benzene rings is 1. The van der Waals surface area contributed by atoms with Gasteiger partial charge in [-0.3, -0.25) is 0 Å². The maximum atomic E-state index is 12.4. The number of halogens is 1. The van der Waals surface area contributed by atoms with Crippen LogP contribution in [0.5, 0.6) is 0 Å². The highest BCUT2D eigenvalue weighted by Gasteiger charge is 2.30. The number of carboxylic acid groups (broad SMARTS) is 1. The first-order valence-corrected chi connectivity index (χ1v) is 8.11. The summed E-state index contributed by atoms with van der Waals surface area (Å²) in [6.07, 6.45) is 1.00. The lowest BCUT2D eigenvalue weighted by Crippen LogP contribution is -2.46. The summed E-state index contributed by atoms with van der Waals surface area (Å²) >= 11 is 3.24. The second-order valence-corrected chi connectivity index (χ2v) is 7.33. The number of piperidine rings is 1. The molecule has 1 fully saturated rings. The van der Waals surface area contributed by atoms with Gasteiger partial charge in [0.25, 0.3) is 0 Å². The minimum absolute atomic E-state index is 0.0132. The van der Waals surface area contributed by atoms with E-state index in [4.69, 9.17) is 0 Å². The minimum Gasteiger partial charge on any atom is -0.550 e. The van der Waals surface area contributed by atoms with Crippen LogP contribution in [0.1, 0.15) is 12.8 Å². The largest absolute Gasteiger partial charge is 0.550 e. The Morgan fingerprint density at radius 3 is 2.53 bits per heavy atom. The summed E-state index contributed by atoms with van der Waals surface area (Å²) in [5, 5.41) is 10.9. The van der Waals surface area contributed by atoms with Crippen molar-refractivity contribution in [2.45, 2.75) is 17.7 Å². The van der Waals surface area contributed by atoms with Gasteiger partial charge in [-0.05, 0) is 37.1 Å². The lowest BCUT2D eigenvalue weighted by Gasteiger charge is -2.32. The van der Waals surface area contributed by atoms with Crippen LogP contribution in [-0.2, 0) is 14.8 Å². The van der Waals surface area contributed by atoms with Crippen LogP contribution in [0.4, 0.5) is 0 Å². The van der Waals surface area contributed by atoms with E-state index in [0.717, 1.165) is 4.47 Å². The number of hydrogen-bond acceptors (Lipinski definition) is 4. The van der Waals surface area contributed by atoms with E-state index in [2.05, 4.69) is 15.9 Å². The van der Waals surface area contributed by atoms with Crippen LogP contribution in [0.15, 0.2) is 33.6 Å². The molecular weight excluding hydrogens is 334 g/mol. The zero-order valence-corrected chi connectivity index (χ0v) is 12.5. The van der Waals surface area contributed by atoms with Gasteiger partial charge in [0, 0.05) is 29.4 Å². The summed E-state index contributed by atoms with van der Waals surface area (Å²) < 4.78 is 26.7. The van der Waals surface area contributed by atoms with Gasteiger partial charge in [-0.15, -0.1) is 0 Å². The first-order chi connectivity index (χ1) is 8.91. The summed E-state index contributed by atoms with van der Waals surface area (Å²) in [4.78, 5) is 11.0. The molecule has 0 bridgehead atoms. The van der Waals surface area contributed by atoms with E-state index in [0.29, 0.717) is 19.4 Å². The summed E-state index contributed by atoms with van der Waals surface area (Å²) in [7, 11) is -3.62. The number of sulfonamides is 1. The average molecular weight is 347 g/mol. The van der Waals surface area contributed by atoms with Crippen LogP contribution < -0.4 is 5.11 Å². The first kappa shape index (κ1) is 14.5. The standard InChI is InChI=1S/C12H14BrNO4S/c13-10-3-5-11(6-4-10)19(17,18)14-7-1-2-9(8-14)12(15)16/h3-6,9H,1-2,7-8H2,(H,15,16)/p-1/t9-/m0/s1. The van der Waals surface area contributed by atoms with Crippen LogP contribution >= 0.6 is 15.9 Å². The van der Waals surface area contributed by atoms with E-state index in [9.17, 15) is 18.3 Å². The van der Waals surface area contributed by atoms with Gasteiger partial charge in [0.15, 0.2) is 0 Å². The number of rotatable bonds is 3. The molecule has 0 saturated carbocycles. The van der Waals surface area contributed by atoms with Crippen molar-refractivity contribution in [2.75, 3.05) is 13.1 Å². The SMILES string of the molecule is O=C([O-])[C@H]1CCCN(S(=O)(=O)c2ccc(Br)cc2)C1. The van der Waals surface area contributed by atoms with Crippen molar-refractivity contribution in [1.29, 1.82) is 0 Å². The van der Waals surface area contributed by atoms with Gasteiger partial charge in [-0.25, -0.2) is 8.42 Å². The molecule has 0 amide bonds. The molecule has 0 N–H and O–H groups in total. The van der Waals surface area contributed by atoms with Crippen LogP contribution in [0.2, 0.25) is 0 Å². The molecule has 1 aromatic carbocycles. The van der Waals surface area contributed by atoms with Gasteiger partial charge in [-0.2, -0.15) is 4.31 Å². The zero-order valence-electron chi connectivity index (χ0n) is 10.1. The molecule has 1 aromatic rings. The fraction of sp³-hybridized carbons (Fsp3) is 0.417. The van der Waals surface area contributed by atoms with Gasteiger partial charge in [0.1, 0.15) is 0 Å². The quantitative estimate of drug-likeness (QED) is 0.802. The van der Waals surface area contributed by atoms with Gasteiger partial charge in [0.05, 0.1) is 4.90 Å². The Balaban J connectivity index is 2.24. The van der Waals surface area contributed by atoms with Crippen molar-refractivity contribution in [3.63, 3.8) is 0 Å². The number of aliphatic carboxylic acids is 1. The Labute approximate surface area is 120 Å². The van der Waals surface area contributed by atoms with Gasteiger partial charge in [0.2, 0.25) is 10.0 Å². The Morgan fingerprint density at radius 1 is 1.32 bits per heavy atom. The molecule has 0 radical (unpaired) electrons. The van der Waals surface area contributed by atoms with Crippen LogP contribution in [0.3, 0.4) is 0 Å².